The summed E-state index contributed by atoms with van der Waals surface area (Å²) in [6.45, 7) is 14.1. The molecule has 0 aromatic rings. The Balaban J connectivity index is 5.24. The average Bonchev–Trinajstić information content (AvgIpc) is 2.98. The third kappa shape index (κ3) is 66.7. The van der Waals surface area contributed by atoms with E-state index in [9.17, 15) is 43.2 Å². The number of aliphatic hydroxyl groups is 1. The number of aliphatic hydroxyl groups excluding tert-OH is 1. The summed E-state index contributed by atoms with van der Waals surface area (Å²) in [4.78, 5) is 72.6. The molecule has 0 heterocycles. The Labute approximate surface area is 562 Å². The van der Waals surface area contributed by atoms with E-state index in [-0.39, 0.29) is 25.7 Å². The highest BCUT2D eigenvalue weighted by atomic mass is 31.2. The fourth-order valence-corrected chi connectivity index (χ4v) is 12.6. The Hall–Kier alpha value is -1.94. The van der Waals surface area contributed by atoms with Gasteiger partial charge in [0.05, 0.1) is 26.4 Å². The third-order valence-electron chi connectivity index (χ3n) is 16.8. The number of phosphoric acid groups is 2. The molecule has 2 unspecified atom stereocenters. The van der Waals surface area contributed by atoms with E-state index < -0.39 is 97.5 Å². The van der Waals surface area contributed by atoms with Gasteiger partial charge in [-0.3, -0.25) is 37.3 Å². The molecule has 0 saturated heterocycles. The zero-order valence-electron chi connectivity index (χ0n) is 60.2. The fraction of sp³-hybridized carbons (Fsp3) is 0.945. The smallest absolute Gasteiger partial charge is 0.462 e. The molecule has 0 aliphatic heterocycles. The first-order valence-electron chi connectivity index (χ1n) is 37.7. The van der Waals surface area contributed by atoms with Crippen molar-refractivity contribution in [2.24, 2.45) is 23.7 Å². The summed E-state index contributed by atoms with van der Waals surface area (Å²) >= 11 is 0. The topological polar surface area (TPSA) is 237 Å². The predicted octanol–water partition coefficient (Wildman–Crippen LogP) is 20.9. The lowest BCUT2D eigenvalue weighted by Gasteiger charge is -2.21. The van der Waals surface area contributed by atoms with Crippen LogP contribution >= 0.6 is 15.6 Å². The zero-order valence-corrected chi connectivity index (χ0v) is 62.0. The summed E-state index contributed by atoms with van der Waals surface area (Å²) in [5.74, 6) is 0.860. The Morgan fingerprint density at radius 2 is 0.457 bits per heavy atom. The van der Waals surface area contributed by atoms with E-state index in [1.54, 1.807) is 0 Å². The number of carbonyl (C=O) groups excluding carboxylic acids is 4. The lowest BCUT2D eigenvalue weighted by atomic mass is 10.0. The number of hydrogen-bond donors (Lipinski definition) is 3. The van der Waals surface area contributed by atoms with Gasteiger partial charge in [0.25, 0.3) is 0 Å². The summed E-state index contributed by atoms with van der Waals surface area (Å²) in [6.07, 6.45) is 45.9. The van der Waals surface area contributed by atoms with E-state index in [0.717, 1.165) is 114 Å². The minimum atomic E-state index is -4.95. The zero-order chi connectivity index (χ0) is 68.2. The molecular weight excluding hydrogens is 1210 g/mol. The molecule has 0 bridgehead atoms. The molecule has 0 aromatic heterocycles. The first-order valence-corrected chi connectivity index (χ1v) is 40.7. The Kier molecular flexibility index (Phi) is 61.3. The van der Waals surface area contributed by atoms with Gasteiger partial charge in [-0.1, -0.05) is 312 Å². The van der Waals surface area contributed by atoms with Gasteiger partial charge < -0.3 is 33.8 Å². The first kappa shape index (κ1) is 90.1. The summed E-state index contributed by atoms with van der Waals surface area (Å²) < 4.78 is 68.4. The lowest BCUT2D eigenvalue weighted by Crippen LogP contribution is -2.30. The molecule has 19 heteroatoms. The number of hydrogen-bond acceptors (Lipinski definition) is 15. The van der Waals surface area contributed by atoms with Crippen molar-refractivity contribution in [2.45, 2.75) is 382 Å². The van der Waals surface area contributed by atoms with Gasteiger partial charge in [-0.25, -0.2) is 9.13 Å². The Morgan fingerprint density at radius 1 is 0.272 bits per heavy atom. The molecule has 0 radical (unpaired) electrons. The van der Waals surface area contributed by atoms with Crippen LogP contribution in [0.3, 0.4) is 0 Å². The van der Waals surface area contributed by atoms with Crippen LogP contribution in [0.25, 0.3) is 0 Å². The van der Waals surface area contributed by atoms with Crippen LogP contribution in [0, 0.1) is 23.7 Å². The number of ether oxygens (including phenoxy) is 4. The van der Waals surface area contributed by atoms with Crippen LogP contribution in [0.4, 0.5) is 0 Å². The molecule has 0 spiro atoms. The van der Waals surface area contributed by atoms with Crippen molar-refractivity contribution in [3.8, 4) is 0 Å². The number of carbonyl (C=O) groups is 4. The second-order valence-corrected chi connectivity index (χ2v) is 31.1. The van der Waals surface area contributed by atoms with Crippen molar-refractivity contribution >= 4 is 39.5 Å². The molecule has 0 amide bonds. The van der Waals surface area contributed by atoms with E-state index >= 15 is 0 Å². The van der Waals surface area contributed by atoms with Crippen LogP contribution in [0.15, 0.2) is 0 Å². The second-order valence-electron chi connectivity index (χ2n) is 28.2. The highest BCUT2D eigenvalue weighted by Gasteiger charge is 2.30. The molecule has 0 aliphatic carbocycles. The highest BCUT2D eigenvalue weighted by molar-refractivity contribution is 7.47. The Morgan fingerprint density at radius 3 is 0.674 bits per heavy atom. The molecule has 92 heavy (non-hydrogen) atoms. The molecular formula is C73H142O17P2. The van der Waals surface area contributed by atoms with Crippen LogP contribution in [0.5, 0.6) is 0 Å². The van der Waals surface area contributed by atoms with Crippen LogP contribution in [-0.4, -0.2) is 96.7 Å². The average molecular weight is 1350 g/mol. The molecule has 17 nitrogen and oxygen atoms in total. The van der Waals surface area contributed by atoms with Gasteiger partial charge in [-0.15, -0.1) is 0 Å². The van der Waals surface area contributed by atoms with Gasteiger partial charge in [0, 0.05) is 25.7 Å². The number of esters is 4. The maximum absolute atomic E-state index is 13.0. The van der Waals surface area contributed by atoms with E-state index in [4.69, 9.17) is 37.0 Å². The maximum atomic E-state index is 13.0. The normalized spacial score (nSPS) is 14.2. The van der Waals surface area contributed by atoms with Crippen molar-refractivity contribution in [2.75, 3.05) is 39.6 Å². The van der Waals surface area contributed by atoms with Gasteiger partial charge in [0.15, 0.2) is 12.2 Å². The SMILES string of the molecule is CC(C)CCCCCCCCCCCCCCCC(=O)O[C@H](COC(=O)CCCCCCCCC(C)C)COP(=O)(O)OC[C@H](O)COP(=O)(O)OC[C@@H](COC(=O)CCCCCCCCCCCC(C)C)OC(=O)CCCCCCCCCCCCCCC(C)C. The molecule has 546 valence electrons. The minimum Gasteiger partial charge on any atom is -0.462 e. The molecule has 0 saturated carbocycles. The van der Waals surface area contributed by atoms with E-state index in [1.807, 2.05) is 0 Å². The minimum absolute atomic E-state index is 0.106. The van der Waals surface area contributed by atoms with Crippen molar-refractivity contribution in [1.82, 2.24) is 0 Å². The molecule has 5 atom stereocenters. The van der Waals surface area contributed by atoms with Crippen molar-refractivity contribution in [3.63, 3.8) is 0 Å². The van der Waals surface area contributed by atoms with Crippen molar-refractivity contribution < 1.29 is 80.2 Å². The Bertz CT molecular complexity index is 1820. The number of unbranched alkanes of at least 4 members (excludes halogenated alkanes) is 36. The standard InChI is InChI=1S/C73H142O17P2/c1-63(2)49-41-33-25-19-14-10-9-11-16-22-29-39-47-55-73(78)90-69(60-84-71(76)54-46-38-32-31-36-44-52-66(7)8)62-88-92(81,82)86-58-67(74)57-85-91(79,80)87-61-68(59-83-70(75)53-45-37-28-24-18-21-27-35-43-51-65(5)6)89-72(77)56-48-40-30-23-17-13-12-15-20-26-34-42-50-64(3)4/h63-69,74H,9-62H2,1-8H3,(H,79,80)(H,81,82)/t67-,68-,69-/m1/s1. The van der Waals surface area contributed by atoms with Gasteiger partial charge in [-0.05, 0) is 49.4 Å². The summed E-state index contributed by atoms with van der Waals surface area (Å²) in [7, 11) is -9.91. The summed E-state index contributed by atoms with van der Waals surface area (Å²) in [5, 5.41) is 10.6. The fourth-order valence-electron chi connectivity index (χ4n) is 11.0. The summed E-state index contributed by atoms with van der Waals surface area (Å²) in [6, 6.07) is 0. The quantitative estimate of drug-likeness (QED) is 0.0222. The highest BCUT2D eigenvalue weighted by Crippen LogP contribution is 2.45. The van der Waals surface area contributed by atoms with Gasteiger partial charge >= 0.3 is 39.5 Å². The monoisotopic (exact) mass is 1350 g/mol. The largest absolute Gasteiger partial charge is 0.472 e. The van der Waals surface area contributed by atoms with Gasteiger partial charge in [0.2, 0.25) is 0 Å². The van der Waals surface area contributed by atoms with E-state index in [1.165, 1.54) is 161 Å². The maximum Gasteiger partial charge on any atom is 0.472 e. The second kappa shape index (κ2) is 62.6. The molecule has 3 N–H and O–H groups in total. The molecule has 0 rings (SSSR count). The van der Waals surface area contributed by atoms with Crippen LogP contribution < -0.4 is 0 Å². The lowest BCUT2D eigenvalue weighted by molar-refractivity contribution is -0.161. The van der Waals surface area contributed by atoms with E-state index in [0.29, 0.717) is 31.6 Å². The van der Waals surface area contributed by atoms with Crippen LogP contribution in [0.1, 0.15) is 364 Å². The van der Waals surface area contributed by atoms with Gasteiger partial charge in [0.1, 0.15) is 19.3 Å². The molecule has 0 fully saturated rings. The molecule has 0 aliphatic rings. The van der Waals surface area contributed by atoms with Gasteiger partial charge in [-0.2, -0.15) is 0 Å². The third-order valence-corrected chi connectivity index (χ3v) is 18.7. The number of rotatable bonds is 70. The summed E-state index contributed by atoms with van der Waals surface area (Å²) in [5.41, 5.74) is 0. The van der Waals surface area contributed by atoms with Crippen molar-refractivity contribution in [3.05, 3.63) is 0 Å². The van der Waals surface area contributed by atoms with Crippen LogP contribution in [0.2, 0.25) is 0 Å². The predicted molar refractivity (Wildman–Crippen MR) is 372 cm³/mol. The van der Waals surface area contributed by atoms with E-state index in [2.05, 4.69) is 55.4 Å². The first-order chi connectivity index (χ1) is 44.1. The molecule has 0 aromatic carbocycles. The number of phosphoric ester groups is 2. The van der Waals surface area contributed by atoms with Crippen molar-refractivity contribution in [1.29, 1.82) is 0 Å². The van der Waals surface area contributed by atoms with Crippen LogP contribution in [-0.2, 0) is 65.4 Å².